The largest absolute Gasteiger partial charge is 0.484 e. The van der Waals surface area contributed by atoms with Crippen molar-refractivity contribution in [3.8, 4) is 5.75 Å². The molecular weight excluding hydrogens is 376 g/mol. The number of aryl methyl sites for hydroxylation is 2. The molecule has 0 aliphatic heterocycles. The van der Waals surface area contributed by atoms with Gasteiger partial charge in [-0.2, -0.15) is 0 Å². The fourth-order valence-electron chi connectivity index (χ4n) is 3.20. The van der Waals surface area contributed by atoms with Gasteiger partial charge in [-0.15, -0.1) is 0 Å². The fourth-order valence-corrected chi connectivity index (χ4v) is 3.20. The number of hydrogen-bond donors (Lipinski definition) is 1. The number of para-hydroxylation sites is 1. The summed E-state index contributed by atoms with van der Waals surface area (Å²) >= 11 is 0. The third-order valence-electron chi connectivity index (χ3n) is 4.80. The van der Waals surface area contributed by atoms with E-state index in [0.29, 0.717) is 18.7 Å². The molecule has 1 N–H and O–H groups in total. The summed E-state index contributed by atoms with van der Waals surface area (Å²) in [6.07, 6.45) is 0.518. The molecule has 0 fully saturated rings. The Bertz CT molecular complexity index is 853. The second kappa shape index (κ2) is 10.3. The van der Waals surface area contributed by atoms with Gasteiger partial charge in [0.1, 0.15) is 11.8 Å². The Labute approximate surface area is 180 Å². The Hall–Kier alpha value is -2.82. The first kappa shape index (κ1) is 23.5. The topological polar surface area (TPSA) is 58.6 Å². The third kappa shape index (κ3) is 6.90. The van der Waals surface area contributed by atoms with Gasteiger partial charge < -0.3 is 15.0 Å². The molecule has 0 spiro atoms. The molecule has 30 heavy (non-hydrogen) atoms. The van der Waals surface area contributed by atoms with Crippen molar-refractivity contribution < 1.29 is 14.3 Å². The summed E-state index contributed by atoms with van der Waals surface area (Å²) in [6.45, 7) is 11.9. The Morgan fingerprint density at radius 3 is 2.23 bits per heavy atom. The average molecular weight is 411 g/mol. The number of rotatable bonds is 8. The number of amides is 2. The van der Waals surface area contributed by atoms with Gasteiger partial charge in [0, 0.05) is 12.1 Å². The van der Waals surface area contributed by atoms with E-state index in [9.17, 15) is 9.59 Å². The SMILES string of the molecule is CC[C@H](C(=O)NC(C)(C)C)N(Cc1ccc(C)cc1)C(=O)COc1ccccc1C. The van der Waals surface area contributed by atoms with E-state index in [-0.39, 0.29) is 24.0 Å². The van der Waals surface area contributed by atoms with E-state index in [4.69, 9.17) is 4.74 Å². The van der Waals surface area contributed by atoms with Crippen LogP contribution in [0.3, 0.4) is 0 Å². The quantitative estimate of drug-likeness (QED) is 0.701. The van der Waals surface area contributed by atoms with Crippen LogP contribution in [-0.4, -0.2) is 34.9 Å². The zero-order valence-electron chi connectivity index (χ0n) is 19.0. The molecule has 1 atom stereocenters. The van der Waals surface area contributed by atoms with Gasteiger partial charge in [0.25, 0.3) is 5.91 Å². The lowest BCUT2D eigenvalue weighted by atomic mass is 10.1. The maximum atomic E-state index is 13.2. The van der Waals surface area contributed by atoms with Crippen LogP contribution in [0.4, 0.5) is 0 Å². The summed E-state index contributed by atoms with van der Waals surface area (Å²) in [5.41, 5.74) is 2.72. The lowest BCUT2D eigenvalue weighted by Gasteiger charge is -2.33. The molecule has 0 bridgehead atoms. The maximum Gasteiger partial charge on any atom is 0.261 e. The Balaban J connectivity index is 2.24. The minimum atomic E-state index is -0.571. The molecule has 0 aliphatic rings. The van der Waals surface area contributed by atoms with Crippen molar-refractivity contribution in [3.63, 3.8) is 0 Å². The van der Waals surface area contributed by atoms with E-state index in [2.05, 4.69) is 5.32 Å². The molecule has 2 aromatic rings. The van der Waals surface area contributed by atoms with E-state index in [1.165, 1.54) is 0 Å². The second-order valence-electron chi connectivity index (χ2n) is 8.72. The molecule has 0 heterocycles. The van der Waals surface area contributed by atoms with Gasteiger partial charge >= 0.3 is 0 Å². The van der Waals surface area contributed by atoms with Crippen LogP contribution in [0.25, 0.3) is 0 Å². The van der Waals surface area contributed by atoms with Gasteiger partial charge in [-0.05, 0) is 58.2 Å². The van der Waals surface area contributed by atoms with Crippen LogP contribution in [0.2, 0.25) is 0 Å². The molecule has 5 heteroatoms. The summed E-state index contributed by atoms with van der Waals surface area (Å²) in [6, 6.07) is 15.0. The molecule has 0 unspecified atom stereocenters. The number of ether oxygens (including phenoxy) is 1. The van der Waals surface area contributed by atoms with Crippen molar-refractivity contribution >= 4 is 11.8 Å². The molecule has 0 aromatic heterocycles. The summed E-state index contributed by atoms with van der Waals surface area (Å²) < 4.78 is 5.79. The van der Waals surface area contributed by atoms with Crippen molar-refractivity contribution in [1.82, 2.24) is 10.2 Å². The highest BCUT2D eigenvalue weighted by Gasteiger charge is 2.30. The Morgan fingerprint density at radius 1 is 1.03 bits per heavy atom. The van der Waals surface area contributed by atoms with Crippen LogP contribution >= 0.6 is 0 Å². The first-order chi connectivity index (χ1) is 14.1. The first-order valence-electron chi connectivity index (χ1n) is 10.5. The number of hydrogen-bond acceptors (Lipinski definition) is 3. The molecule has 0 saturated carbocycles. The van der Waals surface area contributed by atoms with Crippen LogP contribution in [0.15, 0.2) is 48.5 Å². The van der Waals surface area contributed by atoms with Gasteiger partial charge in [-0.1, -0.05) is 55.0 Å². The standard InChI is InChI=1S/C25H34N2O3/c1-7-21(24(29)26-25(4,5)6)27(16-20-14-12-18(2)13-15-20)23(28)17-30-22-11-9-8-10-19(22)3/h8-15,21H,7,16-17H2,1-6H3,(H,26,29)/t21-/m1/s1. The van der Waals surface area contributed by atoms with Crippen LogP contribution in [0.5, 0.6) is 5.75 Å². The lowest BCUT2D eigenvalue weighted by Crippen LogP contribution is -2.54. The minimum Gasteiger partial charge on any atom is -0.484 e. The normalized spacial score (nSPS) is 12.2. The Morgan fingerprint density at radius 2 is 1.67 bits per heavy atom. The average Bonchev–Trinajstić information content (AvgIpc) is 2.67. The maximum absolute atomic E-state index is 13.2. The monoisotopic (exact) mass is 410 g/mol. The zero-order chi connectivity index (χ0) is 22.3. The molecule has 162 valence electrons. The van der Waals surface area contributed by atoms with E-state index >= 15 is 0 Å². The number of nitrogens with zero attached hydrogens (tertiary/aromatic N) is 1. The highest BCUT2D eigenvalue weighted by molar-refractivity contribution is 5.88. The van der Waals surface area contributed by atoms with E-state index < -0.39 is 6.04 Å². The second-order valence-corrected chi connectivity index (χ2v) is 8.72. The summed E-state index contributed by atoms with van der Waals surface area (Å²) in [7, 11) is 0. The summed E-state index contributed by atoms with van der Waals surface area (Å²) in [5, 5.41) is 3.01. The molecule has 2 rings (SSSR count). The van der Waals surface area contributed by atoms with Crippen molar-refractivity contribution in [3.05, 3.63) is 65.2 Å². The van der Waals surface area contributed by atoms with Crippen LogP contribution < -0.4 is 10.1 Å². The number of carbonyl (C=O) groups is 2. The molecule has 2 aromatic carbocycles. The third-order valence-corrected chi connectivity index (χ3v) is 4.80. The van der Waals surface area contributed by atoms with Crippen molar-refractivity contribution in [2.24, 2.45) is 0 Å². The minimum absolute atomic E-state index is 0.115. The molecule has 5 nitrogen and oxygen atoms in total. The predicted octanol–water partition coefficient (Wildman–Crippen LogP) is 4.40. The highest BCUT2D eigenvalue weighted by Crippen LogP contribution is 2.18. The highest BCUT2D eigenvalue weighted by atomic mass is 16.5. The molecule has 0 radical (unpaired) electrons. The van der Waals surface area contributed by atoms with Gasteiger partial charge in [0.15, 0.2) is 6.61 Å². The number of nitrogens with one attached hydrogen (secondary N) is 1. The number of benzene rings is 2. The van der Waals surface area contributed by atoms with Crippen LogP contribution in [-0.2, 0) is 16.1 Å². The Kier molecular flexibility index (Phi) is 8.04. The van der Waals surface area contributed by atoms with Gasteiger partial charge in [0.2, 0.25) is 5.91 Å². The van der Waals surface area contributed by atoms with Crippen molar-refractivity contribution in [2.75, 3.05) is 6.61 Å². The van der Waals surface area contributed by atoms with Gasteiger partial charge in [0.05, 0.1) is 0 Å². The van der Waals surface area contributed by atoms with Gasteiger partial charge in [-0.3, -0.25) is 9.59 Å². The fraction of sp³-hybridized carbons (Fsp3) is 0.440. The smallest absolute Gasteiger partial charge is 0.261 e. The van der Waals surface area contributed by atoms with Gasteiger partial charge in [-0.25, -0.2) is 0 Å². The van der Waals surface area contributed by atoms with Crippen molar-refractivity contribution in [1.29, 1.82) is 0 Å². The molecular formula is C25H34N2O3. The van der Waals surface area contributed by atoms with Crippen LogP contribution in [0, 0.1) is 13.8 Å². The van der Waals surface area contributed by atoms with E-state index in [0.717, 1.165) is 16.7 Å². The lowest BCUT2D eigenvalue weighted by molar-refractivity contribution is -0.143. The molecule has 2 amide bonds. The zero-order valence-corrected chi connectivity index (χ0v) is 19.0. The van der Waals surface area contributed by atoms with E-state index in [1.54, 1.807) is 4.90 Å². The van der Waals surface area contributed by atoms with Crippen LogP contribution in [0.1, 0.15) is 50.8 Å². The predicted molar refractivity (Wildman–Crippen MR) is 120 cm³/mol. The number of carbonyl (C=O) groups excluding carboxylic acids is 2. The van der Waals surface area contributed by atoms with E-state index in [1.807, 2.05) is 90.1 Å². The first-order valence-corrected chi connectivity index (χ1v) is 10.5. The van der Waals surface area contributed by atoms with Crippen molar-refractivity contribution in [2.45, 2.75) is 66.1 Å². The summed E-state index contributed by atoms with van der Waals surface area (Å²) in [5.74, 6) is 0.310. The molecule has 0 saturated heterocycles. The summed E-state index contributed by atoms with van der Waals surface area (Å²) in [4.78, 5) is 27.8. The molecule has 0 aliphatic carbocycles.